The Morgan fingerprint density at radius 3 is 2.54 bits per heavy atom. The Morgan fingerprint density at radius 1 is 1.18 bits per heavy atom. The minimum absolute atomic E-state index is 0.0268. The van der Waals surface area contributed by atoms with Gasteiger partial charge in [-0.2, -0.15) is 0 Å². The largest absolute Gasteiger partial charge is 0.504 e. The maximum atomic E-state index is 12.9. The molecule has 0 radical (unpaired) electrons. The molecule has 1 heterocycles. The average Bonchev–Trinajstić information content (AvgIpc) is 2.67. The second-order valence-corrected chi connectivity index (χ2v) is 5.75. The third kappa shape index (κ3) is 3.57. The van der Waals surface area contributed by atoms with Crippen LogP contribution in [0.4, 0.5) is 0 Å². The summed E-state index contributed by atoms with van der Waals surface area (Å²) in [6, 6.07) is 7.62. The molecule has 0 unspecified atom stereocenters. The summed E-state index contributed by atoms with van der Waals surface area (Å²) in [5.41, 5.74) is 0.259. The maximum Gasteiger partial charge on any atom is 0.344 e. The first-order chi connectivity index (χ1) is 13.5. The number of methoxy groups -OCH3 is 1. The number of carbonyl (C=O) groups excluding carboxylic acids is 1. The zero-order valence-corrected chi connectivity index (χ0v) is 15.2. The molecule has 3 aromatic rings. The fraction of sp³-hybridized carbons (Fsp3) is 0.200. The molecule has 0 bridgehead atoms. The Kier molecular flexibility index (Phi) is 5.39. The fourth-order valence-electron chi connectivity index (χ4n) is 2.71. The summed E-state index contributed by atoms with van der Waals surface area (Å²) < 4.78 is 20.4. The molecular weight excluding hydrogens is 368 g/mol. The molecule has 0 atom stereocenters. The van der Waals surface area contributed by atoms with Crippen LogP contribution >= 0.6 is 0 Å². The van der Waals surface area contributed by atoms with Crippen LogP contribution in [0.5, 0.6) is 23.0 Å². The number of phenolic OH excluding ortho intramolecular Hbond substituents is 2. The van der Waals surface area contributed by atoms with E-state index in [1.807, 2.05) is 0 Å². The standard InChI is InChI=1S/C20H18O8/c1-3-26-16(22)10-27-12-6-4-11(5-7-12)13-9-28-15-8-14(21)20(25-2)19(24)17(15)18(13)23/h4-9,21,24H,3,10H2,1-2H3. The van der Waals surface area contributed by atoms with Crippen molar-refractivity contribution in [3.8, 4) is 34.1 Å². The van der Waals surface area contributed by atoms with Gasteiger partial charge in [-0.3, -0.25) is 4.79 Å². The van der Waals surface area contributed by atoms with Gasteiger partial charge in [0.15, 0.2) is 18.1 Å². The summed E-state index contributed by atoms with van der Waals surface area (Å²) in [4.78, 5) is 24.2. The molecule has 146 valence electrons. The molecule has 2 N–H and O–H groups in total. The van der Waals surface area contributed by atoms with E-state index in [0.29, 0.717) is 11.3 Å². The number of esters is 1. The second-order valence-electron chi connectivity index (χ2n) is 5.75. The molecule has 8 heteroatoms. The average molecular weight is 386 g/mol. The van der Waals surface area contributed by atoms with E-state index in [2.05, 4.69) is 0 Å². The van der Waals surface area contributed by atoms with Crippen LogP contribution in [0.2, 0.25) is 0 Å². The molecule has 0 aliphatic rings. The van der Waals surface area contributed by atoms with E-state index < -0.39 is 17.1 Å². The minimum Gasteiger partial charge on any atom is -0.504 e. The molecule has 0 saturated carbocycles. The van der Waals surface area contributed by atoms with Gasteiger partial charge in [-0.15, -0.1) is 0 Å². The lowest BCUT2D eigenvalue weighted by Gasteiger charge is -2.10. The van der Waals surface area contributed by atoms with E-state index in [1.165, 1.54) is 19.4 Å². The zero-order chi connectivity index (χ0) is 20.3. The molecule has 3 rings (SSSR count). The number of phenols is 2. The van der Waals surface area contributed by atoms with Crippen molar-refractivity contribution in [3.05, 3.63) is 46.8 Å². The first-order valence-electron chi connectivity index (χ1n) is 8.39. The van der Waals surface area contributed by atoms with Gasteiger partial charge in [-0.25, -0.2) is 4.79 Å². The van der Waals surface area contributed by atoms with Gasteiger partial charge >= 0.3 is 5.97 Å². The van der Waals surface area contributed by atoms with Crippen LogP contribution in [0.15, 0.2) is 45.8 Å². The molecular formula is C20H18O8. The lowest BCUT2D eigenvalue weighted by molar-refractivity contribution is -0.145. The van der Waals surface area contributed by atoms with E-state index >= 15 is 0 Å². The van der Waals surface area contributed by atoms with Gasteiger partial charge in [-0.05, 0) is 24.6 Å². The van der Waals surface area contributed by atoms with Crippen molar-refractivity contribution < 1.29 is 33.6 Å². The van der Waals surface area contributed by atoms with Crippen LogP contribution < -0.4 is 14.9 Å². The zero-order valence-electron chi connectivity index (χ0n) is 15.2. The number of hydrogen-bond donors (Lipinski definition) is 2. The quantitative estimate of drug-likeness (QED) is 0.622. The Labute approximate surface area is 159 Å². The van der Waals surface area contributed by atoms with Crippen LogP contribution in [-0.2, 0) is 9.53 Å². The third-order valence-electron chi connectivity index (χ3n) is 4.01. The molecule has 0 fully saturated rings. The van der Waals surface area contributed by atoms with Gasteiger partial charge in [-0.1, -0.05) is 12.1 Å². The van der Waals surface area contributed by atoms with Crippen molar-refractivity contribution >= 4 is 16.9 Å². The monoisotopic (exact) mass is 386 g/mol. The van der Waals surface area contributed by atoms with Crippen molar-refractivity contribution in [1.82, 2.24) is 0 Å². The summed E-state index contributed by atoms with van der Waals surface area (Å²) in [5.74, 6) is -1.10. The number of fused-ring (bicyclic) bond motifs is 1. The Morgan fingerprint density at radius 2 is 1.89 bits per heavy atom. The van der Waals surface area contributed by atoms with Crippen LogP contribution in [0, 0.1) is 0 Å². The van der Waals surface area contributed by atoms with Crippen LogP contribution in [-0.4, -0.2) is 36.5 Å². The summed E-state index contributed by atoms with van der Waals surface area (Å²) in [7, 11) is 1.26. The molecule has 0 saturated heterocycles. The number of benzene rings is 2. The summed E-state index contributed by atoms with van der Waals surface area (Å²) in [5, 5.41) is 20.0. The van der Waals surface area contributed by atoms with E-state index in [1.54, 1.807) is 31.2 Å². The molecule has 0 spiro atoms. The highest BCUT2D eigenvalue weighted by Gasteiger charge is 2.19. The Bertz CT molecular complexity index is 1070. The van der Waals surface area contributed by atoms with Gasteiger partial charge in [0.1, 0.15) is 23.0 Å². The molecule has 8 nitrogen and oxygen atoms in total. The second kappa shape index (κ2) is 7.91. The van der Waals surface area contributed by atoms with Gasteiger partial charge in [0.05, 0.1) is 19.3 Å². The van der Waals surface area contributed by atoms with E-state index in [0.717, 1.165) is 0 Å². The van der Waals surface area contributed by atoms with Gasteiger partial charge in [0, 0.05) is 6.07 Å². The number of aromatic hydroxyl groups is 2. The first-order valence-corrected chi connectivity index (χ1v) is 8.39. The highest BCUT2D eigenvalue weighted by molar-refractivity contribution is 5.91. The number of carbonyl (C=O) groups is 1. The Balaban J connectivity index is 1.94. The summed E-state index contributed by atoms with van der Waals surface area (Å²) in [6.07, 6.45) is 1.24. The molecule has 0 amide bonds. The predicted molar refractivity (Wildman–Crippen MR) is 99.9 cm³/mol. The SMILES string of the molecule is CCOC(=O)COc1ccc(-c2coc3cc(O)c(OC)c(O)c3c2=O)cc1. The van der Waals surface area contributed by atoms with E-state index in [9.17, 15) is 19.8 Å². The minimum atomic E-state index is -0.498. The van der Waals surface area contributed by atoms with Crippen molar-refractivity contribution in [2.75, 3.05) is 20.3 Å². The molecule has 0 aliphatic heterocycles. The lowest BCUT2D eigenvalue weighted by atomic mass is 10.0. The normalized spacial score (nSPS) is 10.6. The van der Waals surface area contributed by atoms with E-state index in [4.69, 9.17) is 18.6 Å². The number of hydrogen-bond acceptors (Lipinski definition) is 8. The van der Waals surface area contributed by atoms with Gasteiger partial charge < -0.3 is 28.8 Å². The van der Waals surface area contributed by atoms with Crippen molar-refractivity contribution in [2.45, 2.75) is 6.92 Å². The first kappa shape index (κ1) is 19.1. The van der Waals surface area contributed by atoms with Crippen LogP contribution in [0.3, 0.4) is 0 Å². The predicted octanol–water partition coefficient (Wildman–Crippen LogP) is 2.82. The number of rotatable bonds is 6. The highest BCUT2D eigenvalue weighted by Crippen LogP contribution is 2.41. The molecule has 1 aromatic heterocycles. The summed E-state index contributed by atoms with van der Waals surface area (Å²) in [6.45, 7) is 1.76. The van der Waals surface area contributed by atoms with Crippen molar-refractivity contribution in [3.63, 3.8) is 0 Å². The van der Waals surface area contributed by atoms with Gasteiger partial charge in [0.25, 0.3) is 0 Å². The smallest absolute Gasteiger partial charge is 0.344 e. The Hall–Kier alpha value is -3.68. The maximum absolute atomic E-state index is 12.9. The third-order valence-corrected chi connectivity index (χ3v) is 4.01. The van der Waals surface area contributed by atoms with Crippen LogP contribution in [0.1, 0.15) is 6.92 Å². The number of ether oxygens (including phenoxy) is 3. The highest BCUT2D eigenvalue weighted by atomic mass is 16.6. The van der Waals surface area contributed by atoms with Gasteiger partial charge in [0.2, 0.25) is 11.2 Å². The fourth-order valence-corrected chi connectivity index (χ4v) is 2.71. The lowest BCUT2D eigenvalue weighted by Crippen LogP contribution is -2.14. The van der Waals surface area contributed by atoms with Crippen molar-refractivity contribution in [1.29, 1.82) is 0 Å². The molecule has 2 aromatic carbocycles. The molecule has 28 heavy (non-hydrogen) atoms. The van der Waals surface area contributed by atoms with Crippen LogP contribution in [0.25, 0.3) is 22.1 Å². The topological polar surface area (TPSA) is 115 Å². The summed E-state index contributed by atoms with van der Waals surface area (Å²) >= 11 is 0. The molecule has 0 aliphatic carbocycles. The van der Waals surface area contributed by atoms with Crippen molar-refractivity contribution in [2.24, 2.45) is 0 Å². The van der Waals surface area contributed by atoms with E-state index in [-0.39, 0.29) is 41.2 Å².